The molecule has 4 nitrogen and oxygen atoms in total. The van der Waals surface area contributed by atoms with Gasteiger partial charge in [-0.05, 0) is 23.6 Å². The topological polar surface area (TPSA) is 47.6 Å². The second-order valence-corrected chi connectivity index (χ2v) is 6.57. The zero-order chi connectivity index (χ0) is 17.1. The number of halogens is 1. The van der Waals surface area contributed by atoms with E-state index in [-0.39, 0.29) is 18.6 Å². The third-order valence-corrected chi connectivity index (χ3v) is 4.49. The van der Waals surface area contributed by atoms with Gasteiger partial charge in [-0.3, -0.25) is 4.79 Å². The van der Waals surface area contributed by atoms with E-state index in [1.54, 1.807) is 12.1 Å². The minimum atomic E-state index is -0.170. The number of hydrogen-bond donors (Lipinski definition) is 1. The highest BCUT2D eigenvalue weighted by molar-refractivity contribution is 6.32. The van der Waals surface area contributed by atoms with Crippen LogP contribution in [0.1, 0.15) is 35.7 Å². The number of ether oxygens (including phenoxy) is 2. The van der Waals surface area contributed by atoms with Crippen LogP contribution in [0.25, 0.3) is 0 Å². The molecule has 0 aliphatic carbocycles. The first-order chi connectivity index (χ1) is 11.6. The summed E-state index contributed by atoms with van der Waals surface area (Å²) in [6, 6.07) is 13.5. The fraction of sp³-hybridized carbons (Fsp3) is 0.316. The SMILES string of the molecule is CC(C)C(CNC(=O)c1cc(Cl)c2c(c1)OCO2)c1ccccc1. The maximum atomic E-state index is 12.5. The minimum Gasteiger partial charge on any atom is -0.454 e. The lowest BCUT2D eigenvalue weighted by atomic mass is 9.88. The van der Waals surface area contributed by atoms with Gasteiger partial charge in [-0.25, -0.2) is 0 Å². The molecule has 0 fully saturated rings. The quantitative estimate of drug-likeness (QED) is 0.881. The zero-order valence-electron chi connectivity index (χ0n) is 13.7. The molecular formula is C19H20ClNO3. The first-order valence-corrected chi connectivity index (χ1v) is 8.36. The molecular weight excluding hydrogens is 326 g/mol. The number of hydrogen-bond acceptors (Lipinski definition) is 3. The van der Waals surface area contributed by atoms with E-state index in [2.05, 4.69) is 31.3 Å². The van der Waals surface area contributed by atoms with Crippen molar-refractivity contribution in [2.75, 3.05) is 13.3 Å². The number of fused-ring (bicyclic) bond motifs is 1. The van der Waals surface area contributed by atoms with Crippen molar-refractivity contribution in [1.29, 1.82) is 0 Å². The third-order valence-electron chi connectivity index (χ3n) is 4.20. The molecule has 3 rings (SSSR count). The summed E-state index contributed by atoms with van der Waals surface area (Å²) in [5, 5.41) is 3.39. The molecule has 1 amide bonds. The van der Waals surface area contributed by atoms with E-state index in [9.17, 15) is 4.79 Å². The monoisotopic (exact) mass is 345 g/mol. The zero-order valence-corrected chi connectivity index (χ0v) is 14.5. The normalized spacial score (nSPS) is 13.8. The number of carbonyl (C=O) groups excluding carboxylic acids is 1. The molecule has 126 valence electrons. The summed E-state index contributed by atoms with van der Waals surface area (Å²) in [7, 11) is 0. The van der Waals surface area contributed by atoms with Gasteiger partial charge in [-0.2, -0.15) is 0 Å². The summed E-state index contributed by atoms with van der Waals surface area (Å²) in [4.78, 5) is 12.5. The molecule has 2 aromatic carbocycles. The summed E-state index contributed by atoms with van der Waals surface area (Å²) in [6.45, 7) is 5.00. The van der Waals surface area contributed by atoms with Crippen LogP contribution in [0.2, 0.25) is 5.02 Å². The maximum absolute atomic E-state index is 12.5. The van der Waals surface area contributed by atoms with Crippen LogP contribution in [0.3, 0.4) is 0 Å². The van der Waals surface area contributed by atoms with Crippen LogP contribution in [0, 0.1) is 5.92 Å². The van der Waals surface area contributed by atoms with E-state index in [1.165, 1.54) is 5.56 Å². The van der Waals surface area contributed by atoms with Crippen LogP contribution in [-0.4, -0.2) is 19.2 Å². The lowest BCUT2D eigenvalue weighted by Crippen LogP contribution is -2.30. The molecule has 0 radical (unpaired) electrons. The van der Waals surface area contributed by atoms with Crippen LogP contribution < -0.4 is 14.8 Å². The van der Waals surface area contributed by atoms with E-state index < -0.39 is 0 Å². The van der Waals surface area contributed by atoms with Crippen molar-refractivity contribution in [2.24, 2.45) is 5.92 Å². The van der Waals surface area contributed by atoms with Crippen molar-refractivity contribution >= 4 is 17.5 Å². The highest BCUT2D eigenvalue weighted by atomic mass is 35.5. The van der Waals surface area contributed by atoms with Gasteiger partial charge in [0.2, 0.25) is 6.79 Å². The Morgan fingerprint density at radius 1 is 1.21 bits per heavy atom. The molecule has 1 aliphatic rings. The Morgan fingerprint density at radius 2 is 1.96 bits per heavy atom. The Hall–Kier alpha value is -2.20. The summed E-state index contributed by atoms with van der Waals surface area (Å²) >= 11 is 6.14. The maximum Gasteiger partial charge on any atom is 0.251 e. The molecule has 1 N–H and O–H groups in total. The van der Waals surface area contributed by atoms with E-state index in [0.29, 0.717) is 34.5 Å². The average Bonchev–Trinajstić information content (AvgIpc) is 3.04. The highest BCUT2D eigenvalue weighted by Crippen LogP contribution is 2.39. The fourth-order valence-electron chi connectivity index (χ4n) is 2.84. The molecule has 1 atom stereocenters. The largest absolute Gasteiger partial charge is 0.454 e. The van der Waals surface area contributed by atoms with Gasteiger partial charge in [0.05, 0.1) is 5.02 Å². The first kappa shape index (κ1) is 16.7. The van der Waals surface area contributed by atoms with Gasteiger partial charge in [0.25, 0.3) is 5.91 Å². The lowest BCUT2D eigenvalue weighted by molar-refractivity contribution is 0.0948. The molecule has 1 unspecified atom stereocenters. The second-order valence-electron chi connectivity index (χ2n) is 6.16. The summed E-state index contributed by atoms with van der Waals surface area (Å²) in [5.74, 6) is 1.50. The van der Waals surface area contributed by atoms with Crippen molar-refractivity contribution < 1.29 is 14.3 Å². The van der Waals surface area contributed by atoms with Gasteiger partial charge in [0, 0.05) is 18.0 Å². The van der Waals surface area contributed by atoms with E-state index in [0.717, 1.165) is 0 Å². The Morgan fingerprint density at radius 3 is 2.67 bits per heavy atom. The summed E-state index contributed by atoms with van der Waals surface area (Å²) in [5.41, 5.74) is 1.69. The molecule has 1 aliphatic heterocycles. The van der Waals surface area contributed by atoms with Crippen molar-refractivity contribution in [2.45, 2.75) is 19.8 Å². The van der Waals surface area contributed by atoms with E-state index >= 15 is 0 Å². The molecule has 0 spiro atoms. The third kappa shape index (κ3) is 3.49. The summed E-state index contributed by atoms with van der Waals surface area (Å²) < 4.78 is 10.6. The predicted octanol–water partition coefficient (Wildman–Crippen LogP) is 4.24. The minimum absolute atomic E-state index is 0.129. The predicted molar refractivity (Wildman–Crippen MR) is 93.9 cm³/mol. The number of carbonyl (C=O) groups is 1. The van der Waals surface area contributed by atoms with Crippen LogP contribution in [0.15, 0.2) is 42.5 Å². The molecule has 1 heterocycles. The van der Waals surface area contributed by atoms with Crippen LogP contribution in [0.5, 0.6) is 11.5 Å². The van der Waals surface area contributed by atoms with Gasteiger partial charge in [-0.1, -0.05) is 55.8 Å². The molecule has 2 aromatic rings. The fourth-order valence-corrected chi connectivity index (χ4v) is 3.11. The number of benzene rings is 2. The van der Waals surface area contributed by atoms with Gasteiger partial charge in [0.15, 0.2) is 11.5 Å². The van der Waals surface area contributed by atoms with Crippen molar-refractivity contribution in [3.63, 3.8) is 0 Å². The smallest absolute Gasteiger partial charge is 0.251 e. The number of amides is 1. The van der Waals surface area contributed by atoms with Crippen LogP contribution in [0.4, 0.5) is 0 Å². The first-order valence-electron chi connectivity index (χ1n) is 7.98. The number of nitrogens with one attached hydrogen (secondary N) is 1. The summed E-state index contributed by atoms with van der Waals surface area (Å²) in [6.07, 6.45) is 0. The Kier molecular flexibility index (Phi) is 4.95. The van der Waals surface area contributed by atoms with Crippen LogP contribution >= 0.6 is 11.6 Å². The Balaban J connectivity index is 1.72. The van der Waals surface area contributed by atoms with Crippen molar-refractivity contribution in [3.8, 4) is 11.5 Å². The van der Waals surface area contributed by atoms with Gasteiger partial charge in [-0.15, -0.1) is 0 Å². The van der Waals surface area contributed by atoms with Gasteiger partial charge in [0.1, 0.15) is 0 Å². The van der Waals surface area contributed by atoms with Crippen LogP contribution in [-0.2, 0) is 0 Å². The van der Waals surface area contributed by atoms with Crippen molar-refractivity contribution in [1.82, 2.24) is 5.32 Å². The highest BCUT2D eigenvalue weighted by Gasteiger charge is 2.22. The molecule has 24 heavy (non-hydrogen) atoms. The Labute approximate surface area is 146 Å². The van der Waals surface area contributed by atoms with Gasteiger partial charge < -0.3 is 14.8 Å². The van der Waals surface area contributed by atoms with Gasteiger partial charge >= 0.3 is 0 Å². The molecule has 5 heteroatoms. The lowest BCUT2D eigenvalue weighted by Gasteiger charge is -2.22. The molecule has 0 bridgehead atoms. The van der Waals surface area contributed by atoms with E-state index in [1.807, 2.05) is 18.2 Å². The standard InChI is InChI=1S/C19H20ClNO3/c1-12(2)15(13-6-4-3-5-7-13)10-21-19(22)14-8-16(20)18-17(9-14)23-11-24-18/h3-9,12,15H,10-11H2,1-2H3,(H,21,22). The molecule has 0 saturated heterocycles. The second kappa shape index (κ2) is 7.14. The average molecular weight is 346 g/mol. The molecule has 0 aromatic heterocycles. The van der Waals surface area contributed by atoms with E-state index in [4.69, 9.17) is 21.1 Å². The van der Waals surface area contributed by atoms with Crippen molar-refractivity contribution in [3.05, 3.63) is 58.6 Å². The number of rotatable bonds is 5. The molecule has 0 saturated carbocycles. The Bertz CT molecular complexity index is 731.